The van der Waals surface area contributed by atoms with Gasteiger partial charge in [-0.1, -0.05) is 11.6 Å². The fourth-order valence-electron chi connectivity index (χ4n) is 3.57. The molecular formula is C19H23ClF3N3O2S. The van der Waals surface area contributed by atoms with Gasteiger partial charge in [-0.25, -0.2) is 0 Å². The van der Waals surface area contributed by atoms with Crippen molar-refractivity contribution in [1.82, 2.24) is 9.80 Å². The number of carbonyl (C=O) groups excluding carboxylic acids is 2. The average molecular weight is 450 g/mol. The highest BCUT2D eigenvalue weighted by atomic mass is 35.5. The number of benzene rings is 1. The van der Waals surface area contributed by atoms with Crippen LogP contribution in [0.25, 0.3) is 0 Å². The molecule has 2 amide bonds. The molecule has 0 saturated carbocycles. The molecule has 0 unspecified atom stereocenters. The summed E-state index contributed by atoms with van der Waals surface area (Å²) in [6.45, 7) is 2.84. The number of anilines is 1. The van der Waals surface area contributed by atoms with E-state index in [4.69, 9.17) is 11.6 Å². The molecule has 160 valence electrons. The van der Waals surface area contributed by atoms with Gasteiger partial charge in [0.2, 0.25) is 11.8 Å². The number of hydrogen-bond acceptors (Lipinski definition) is 4. The number of alkyl halides is 3. The van der Waals surface area contributed by atoms with Gasteiger partial charge in [-0.2, -0.15) is 24.9 Å². The summed E-state index contributed by atoms with van der Waals surface area (Å²) in [5, 5.41) is 2.52. The highest BCUT2D eigenvalue weighted by Crippen LogP contribution is 2.33. The van der Waals surface area contributed by atoms with Crippen LogP contribution >= 0.6 is 23.4 Å². The summed E-state index contributed by atoms with van der Waals surface area (Å²) < 4.78 is 38.5. The molecular weight excluding hydrogens is 427 g/mol. The van der Waals surface area contributed by atoms with E-state index in [9.17, 15) is 22.8 Å². The number of piperidine rings is 1. The lowest BCUT2D eigenvalue weighted by molar-refractivity contribution is -0.138. The van der Waals surface area contributed by atoms with E-state index in [0.717, 1.165) is 42.8 Å². The number of hydrogen-bond donors (Lipinski definition) is 1. The molecule has 2 fully saturated rings. The number of rotatable bonds is 4. The topological polar surface area (TPSA) is 52.7 Å². The van der Waals surface area contributed by atoms with E-state index in [2.05, 4.69) is 5.32 Å². The lowest BCUT2D eigenvalue weighted by atomic mass is 9.95. The van der Waals surface area contributed by atoms with Crippen LogP contribution in [0.4, 0.5) is 18.9 Å². The minimum atomic E-state index is -4.51. The highest BCUT2D eigenvalue weighted by Gasteiger charge is 2.32. The van der Waals surface area contributed by atoms with E-state index in [0.29, 0.717) is 25.9 Å². The van der Waals surface area contributed by atoms with Gasteiger partial charge in [-0.15, -0.1) is 0 Å². The Balaban J connectivity index is 1.49. The van der Waals surface area contributed by atoms with Crippen molar-refractivity contribution in [3.8, 4) is 0 Å². The normalized spacial score (nSPS) is 19.2. The molecule has 1 aromatic carbocycles. The molecule has 2 aliphatic heterocycles. The van der Waals surface area contributed by atoms with Crippen molar-refractivity contribution in [2.24, 2.45) is 5.92 Å². The second-order valence-electron chi connectivity index (χ2n) is 7.23. The first-order chi connectivity index (χ1) is 13.7. The predicted molar refractivity (Wildman–Crippen MR) is 108 cm³/mol. The molecule has 1 aromatic rings. The van der Waals surface area contributed by atoms with E-state index >= 15 is 0 Å². The van der Waals surface area contributed by atoms with Gasteiger partial charge < -0.3 is 10.2 Å². The van der Waals surface area contributed by atoms with Gasteiger partial charge in [0.1, 0.15) is 0 Å². The van der Waals surface area contributed by atoms with E-state index < -0.39 is 17.6 Å². The smallest absolute Gasteiger partial charge is 0.341 e. The second kappa shape index (κ2) is 9.57. The predicted octanol–water partition coefficient (Wildman–Crippen LogP) is 3.58. The molecule has 3 rings (SSSR count). The fraction of sp³-hybridized carbons (Fsp3) is 0.579. The van der Waals surface area contributed by atoms with Crippen molar-refractivity contribution in [2.45, 2.75) is 19.0 Å². The van der Waals surface area contributed by atoms with Crippen molar-refractivity contribution in [3.05, 3.63) is 28.8 Å². The standard InChI is InChI=1S/C19H23ClF3N3O2S/c20-15-2-1-14(19(21,22)23)11-16(15)24-17(27)12-25-5-3-13(4-6-25)18(28)26-7-9-29-10-8-26/h1-2,11,13H,3-10,12H2,(H,24,27). The Morgan fingerprint density at radius 2 is 1.79 bits per heavy atom. The lowest BCUT2D eigenvalue weighted by Crippen LogP contribution is -2.46. The summed E-state index contributed by atoms with van der Waals surface area (Å²) in [6.07, 6.45) is -3.15. The molecule has 10 heteroatoms. The van der Waals surface area contributed by atoms with Crippen LogP contribution in [0.1, 0.15) is 18.4 Å². The zero-order valence-electron chi connectivity index (χ0n) is 15.8. The summed E-state index contributed by atoms with van der Waals surface area (Å²) in [4.78, 5) is 28.7. The van der Waals surface area contributed by atoms with Gasteiger partial charge >= 0.3 is 6.18 Å². The molecule has 0 atom stereocenters. The minimum absolute atomic E-state index is 0.0182. The Bertz CT molecular complexity index is 749. The monoisotopic (exact) mass is 449 g/mol. The molecule has 0 spiro atoms. The molecule has 0 bridgehead atoms. The van der Waals surface area contributed by atoms with Crippen LogP contribution < -0.4 is 5.32 Å². The average Bonchev–Trinajstić information content (AvgIpc) is 2.69. The van der Waals surface area contributed by atoms with Gasteiger partial charge in [0.25, 0.3) is 0 Å². The van der Waals surface area contributed by atoms with Crippen LogP contribution in [0.5, 0.6) is 0 Å². The van der Waals surface area contributed by atoms with Crippen molar-refractivity contribution < 1.29 is 22.8 Å². The SMILES string of the molecule is O=C(CN1CCC(C(=O)N2CCSCC2)CC1)Nc1cc(C(F)(F)F)ccc1Cl. The third kappa shape index (κ3) is 6.02. The molecule has 2 saturated heterocycles. The van der Waals surface area contributed by atoms with Gasteiger partial charge in [0.05, 0.1) is 22.8 Å². The molecule has 2 aliphatic rings. The van der Waals surface area contributed by atoms with Gasteiger partial charge in [0, 0.05) is 30.5 Å². The summed E-state index contributed by atoms with van der Waals surface area (Å²) in [6, 6.07) is 2.83. The first kappa shape index (κ1) is 22.2. The number of likely N-dealkylation sites (tertiary alicyclic amines) is 1. The van der Waals surface area contributed by atoms with Gasteiger partial charge in [0.15, 0.2) is 0 Å². The molecule has 2 heterocycles. The maximum atomic E-state index is 12.8. The van der Waals surface area contributed by atoms with Crippen molar-refractivity contribution in [3.63, 3.8) is 0 Å². The van der Waals surface area contributed by atoms with Gasteiger partial charge in [-0.05, 0) is 44.1 Å². The van der Waals surface area contributed by atoms with Gasteiger partial charge in [-0.3, -0.25) is 14.5 Å². The summed E-state index contributed by atoms with van der Waals surface area (Å²) in [5.41, 5.74) is -0.924. The quantitative estimate of drug-likeness (QED) is 0.763. The van der Waals surface area contributed by atoms with Crippen molar-refractivity contribution in [1.29, 1.82) is 0 Å². The number of carbonyl (C=O) groups is 2. The molecule has 1 N–H and O–H groups in total. The maximum Gasteiger partial charge on any atom is 0.416 e. The molecule has 0 aromatic heterocycles. The number of thioether (sulfide) groups is 1. The summed E-state index contributed by atoms with van der Waals surface area (Å²) >= 11 is 7.78. The number of halogens is 4. The van der Waals surface area contributed by atoms with E-state index in [1.807, 2.05) is 21.6 Å². The number of nitrogens with zero attached hydrogens (tertiary/aromatic N) is 2. The van der Waals surface area contributed by atoms with Crippen LogP contribution in [0.2, 0.25) is 5.02 Å². The zero-order chi connectivity index (χ0) is 21.0. The fourth-order valence-corrected chi connectivity index (χ4v) is 4.64. The number of nitrogens with one attached hydrogen (secondary N) is 1. The Hall–Kier alpha value is -1.45. The third-order valence-electron chi connectivity index (χ3n) is 5.19. The van der Waals surface area contributed by atoms with E-state index in [-0.39, 0.29) is 29.1 Å². The Kier molecular flexibility index (Phi) is 7.34. The van der Waals surface area contributed by atoms with Crippen molar-refractivity contribution >= 4 is 40.9 Å². The Morgan fingerprint density at radius 3 is 2.41 bits per heavy atom. The van der Waals surface area contributed by atoms with Crippen LogP contribution in [0, 0.1) is 5.92 Å². The summed E-state index contributed by atoms with van der Waals surface area (Å²) in [7, 11) is 0. The highest BCUT2D eigenvalue weighted by molar-refractivity contribution is 7.99. The maximum absolute atomic E-state index is 12.8. The van der Waals surface area contributed by atoms with Crippen LogP contribution in [-0.4, -0.2) is 65.8 Å². The van der Waals surface area contributed by atoms with Crippen LogP contribution in [-0.2, 0) is 15.8 Å². The Labute approximate surface area is 176 Å². The van der Waals surface area contributed by atoms with Crippen LogP contribution in [0.15, 0.2) is 18.2 Å². The Morgan fingerprint density at radius 1 is 1.14 bits per heavy atom. The molecule has 29 heavy (non-hydrogen) atoms. The lowest BCUT2D eigenvalue weighted by Gasteiger charge is -2.35. The minimum Gasteiger partial charge on any atom is -0.341 e. The first-order valence-corrected chi connectivity index (χ1v) is 11.0. The zero-order valence-corrected chi connectivity index (χ0v) is 17.4. The number of amides is 2. The third-order valence-corrected chi connectivity index (χ3v) is 6.47. The molecule has 0 aliphatic carbocycles. The largest absolute Gasteiger partial charge is 0.416 e. The first-order valence-electron chi connectivity index (χ1n) is 9.49. The van der Waals surface area contributed by atoms with E-state index in [1.165, 1.54) is 0 Å². The van der Waals surface area contributed by atoms with Crippen molar-refractivity contribution in [2.75, 3.05) is 49.5 Å². The molecule has 5 nitrogen and oxygen atoms in total. The van der Waals surface area contributed by atoms with Crippen LogP contribution in [0.3, 0.4) is 0 Å². The summed E-state index contributed by atoms with van der Waals surface area (Å²) in [5.74, 6) is 1.70. The van der Waals surface area contributed by atoms with E-state index in [1.54, 1.807) is 0 Å². The second-order valence-corrected chi connectivity index (χ2v) is 8.86. The molecule has 0 radical (unpaired) electrons.